The topological polar surface area (TPSA) is 68.1 Å². The molecular formula is C14H15N3O2. The van der Waals surface area contributed by atoms with Crippen LogP contribution in [0.25, 0.3) is 0 Å². The van der Waals surface area contributed by atoms with Gasteiger partial charge in [-0.3, -0.25) is 15.1 Å². The van der Waals surface area contributed by atoms with Gasteiger partial charge in [0.2, 0.25) is 0 Å². The smallest absolute Gasteiger partial charge is 0.274 e. The van der Waals surface area contributed by atoms with Crippen LogP contribution in [0.2, 0.25) is 0 Å². The molecule has 0 radical (unpaired) electrons. The number of anilines is 1. The first kappa shape index (κ1) is 13.0. The zero-order chi connectivity index (χ0) is 13.7. The fourth-order valence-electron chi connectivity index (χ4n) is 1.85. The molecule has 1 N–H and O–H groups in total. The summed E-state index contributed by atoms with van der Waals surface area (Å²) in [7, 11) is 0. The summed E-state index contributed by atoms with van der Waals surface area (Å²) in [5.74, 6) is 0. The van der Waals surface area contributed by atoms with Gasteiger partial charge >= 0.3 is 0 Å². The van der Waals surface area contributed by atoms with E-state index in [9.17, 15) is 10.1 Å². The molecule has 1 heterocycles. The van der Waals surface area contributed by atoms with E-state index in [1.54, 1.807) is 24.5 Å². The monoisotopic (exact) mass is 257 g/mol. The summed E-state index contributed by atoms with van der Waals surface area (Å²) in [5.41, 5.74) is 2.75. The van der Waals surface area contributed by atoms with E-state index < -0.39 is 0 Å². The van der Waals surface area contributed by atoms with Gasteiger partial charge in [-0.1, -0.05) is 13.0 Å². The van der Waals surface area contributed by atoms with Crippen LogP contribution in [0.15, 0.2) is 42.7 Å². The zero-order valence-corrected chi connectivity index (χ0v) is 10.7. The van der Waals surface area contributed by atoms with Crippen LogP contribution < -0.4 is 5.32 Å². The molecule has 0 aliphatic carbocycles. The number of nitro benzene ring substituents is 1. The predicted molar refractivity (Wildman–Crippen MR) is 74.0 cm³/mol. The standard InChI is InChI=1S/C14H15N3O2/c1-2-12-3-4-13(9-14(12)17(18)19)16-10-11-5-7-15-8-6-11/h3-9,16H,2,10H2,1H3. The van der Waals surface area contributed by atoms with E-state index in [0.717, 1.165) is 16.8 Å². The highest BCUT2D eigenvalue weighted by Gasteiger charge is 2.12. The number of nitrogens with zero attached hydrogens (tertiary/aromatic N) is 2. The lowest BCUT2D eigenvalue weighted by molar-refractivity contribution is -0.385. The van der Waals surface area contributed by atoms with E-state index in [2.05, 4.69) is 10.3 Å². The molecule has 0 spiro atoms. The van der Waals surface area contributed by atoms with Crippen LogP contribution in [0.5, 0.6) is 0 Å². The lowest BCUT2D eigenvalue weighted by atomic mass is 10.1. The van der Waals surface area contributed by atoms with Crippen LogP contribution in [-0.2, 0) is 13.0 Å². The minimum atomic E-state index is -0.337. The highest BCUT2D eigenvalue weighted by molar-refractivity contribution is 5.55. The first-order valence-corrected chi connectivity index (χ1v) is 6.10. The molecule has 2 aromatic rings. The molecule has 5 nitrogen and oxygen atoms in total. The highest BCUT2D eigenvalue weighted by atomic mass is 16.6. The number of nitro groups is 1. The van der Waals surface area contributed by atoms with Crippen molar-refractivity contribution in [3.8, 4) is 0 Å². The van der Waals surface area contributed by atoms with Gasteiger partial charge in [0.1, 0.15) is 0 Å². The molecule has 0 amide bonds. The average molecular weight is 257 g/mol. The Labute approximate surface area is 111 Å². The molecule has 98 valence electrons. The van der Waals surface area contributed by atoms with Gasteiger partial charge in [-0.15, -0.1) is 0 Å². The average Bonchev–Trinajstić information content (AvgIpc) is 2.46. The van der Waals surface area contributed by atoms with Crippen LogP contribution in [0.4, 0.5) is 11.4 Å². The van der Waals surface area contributed by atoms with E-state index in [-0.39, 0.29) is 10.6 Å². The largest absolute Gasteiger partial charge is 0.381 e. The fraction of sp³-hybridized carbons (Fsp3) is 0.214. The van der Waals surface area contributed by atoms with Crippen molar-refractivity contribution in [1.29, 1.82) is 0 Å². The molecule has 1 aromatic heterocycles. The highest BCUT2D eigenvalue weighted by Crippen LogP contribution is 2.23. The summed E-state index contributed by atoms with van der Waals surface area (Å²) in [6.45, 7) is 2.53. The Hall–Kier alpha value is -2.43. The van der Waals surface area contributed by atoms with Crippen molar-refractivity contribution < 1.29 is 4.92 Å². The van der Waals surface area contributed by atoms with Gasteiger partial charge in [0, 0.05) is 36.3 Å². The second-order valence-electron chi connectivity index (χ2n) is 4.16. The third kappa shape index (κ3) is 3.28. The number of hydrogen-bond acceptors (Lipinski definition) is 4. The van der Waals surface area contributed by atoms with Gasteiger partial charge in [0.25, 0.3) is 5.69 Å². The second kappa shape index (κ2) is 5.95. The van der Waals surface area contributed by atoms with Gasteiger partial charge < -0.3 is 5.32 Å². The van der Waals surface area contributed by atoms with Gasteiger partial charge in [-0.2, -0.15) is 0 Å². The Morgan fingerprint density at radius 1 is 1.26 bits per heavy atom. The minimum Gasteiger partial charge on any atom is -0.381 e. The van der Waals surface area contributed by atoms with Crippen molar-refractivity contribution in [2.45, 2.75) is 19.9 Å². The summed E-state index contributed by atoms with van der Waals surface area (Å²) in [6, 6.07) is 9.06. The molecule has 1 aromatic carbocycles. The summed E-state index contributed by atoms with van der Waals surface area (Å²) >= 11 is 0. The quantitative estimate of drug-likeness (QED) is 0.660. The Kier molecular flexibility index (Phi) is 4.07. The number of aromatic nitrogens is 1. The number of nitrogens with one attached hydrogen (secondary N) is 1. The SMILES string of the molecule is CCc1ccc(NCc2ccncc2)cc1[N+](=O)[O-]. The molecule has 0 aliphatic heterocycles. The Morgan fingerprint density at radius 2 is 2.00 bits per heavy atom. The zero-order valence-electron chi connectivity index (χ0n) is 10.7. The molecule has 0 aliphatic rings. The first-order valence-electron chi connectivity index (χ1n) is 6.10. The third-order valence-corrected chi connectivity index (χ3v) is 2.91. The van der Waals surface area contributed by atoms with E-state index in [1.165, 1.54) is 0 Å². The Balaban J connectivity index is 2.13. The molecule has 0 atom stereocenters. The second-order valence-corrected chi connectivity index (χ2v) is 4.16. The summed E-state index contributed by atoms with van der Waals surface area (Å²) < 4.78 is 0. The van der Waals surface area contributed by atoms with E-state index in [4.69, 9.17) is 0 Å². The van der Waals surface area contributed by atoms with Crippen molar-refractivity contribution in [3.63, 3.8) is 0 Å². The summed E-state index contributed by atoms with van der Waals surface area (Å²) in [4.78, 5) is 14.6. The van der Waals surface area contributed by atoms with Crippen LogP contribution in [-0.4, -0.2) is 9.91 Å². The van der Waals surface area contributed by atoms with E-state index >= 15 is 0 Å². The molecule has 19 heavy (non-hydrogen) atoms. The maximum Gasteiger partial charge on any atom is 0.274 e. The van der Waals surface area contributed by atoms with Crippen molar-refractivity contribution in [3.05, 3.63) is 64.0 Å². The van der Waals surface area contributed by atoms with Gasteiger partial charge in [0.15, 0.2) is 0 Å². The van der Waals surface area contributed by atoms with Crippen LogP contribution >= 0.6 is 0 Å². The normalized spacial score (nSPS) is 10.2. The molecule has 2 rings (SSSR count). The van der Waals surface area contributed by atoms with Crippen molar-refractivity contribution >= 4 is 11.4 Å². The Morgan fingerprint density at radius 3 is 2.63 bits per heavy atom. The number of benzene rings is 1. The first-order chi connectivity index (χ1) is 9.20. The maximum atomic E-state index is 11.0. The molecular weight excluding hydrogens is 242 g/mol. The maximum absolute atomic E-state index is 11.0. The molecule has 5 heteroatoms. The van der Waals surface area contributed by atoms with E-state index in [1.807, 2.05) is 25.1 Å². The van der Waals surface area contributed by atoms with Crippen molar-refractivity contribution in [2.75, 3.05) is 5.32 Å². The van der Waals surface area contributed by atoms with Gasteiger partial charge in [0.05, 0.1) is 4.92 Å². The lowest BCUT2D eigenvalue weighted by Gasteiger charge is -2.07. The molecule has 0 saturated heterocycles. The summed E-state index contributed by atoms with van der Waals surface area (Å²) in [5, 5.41) is 14.2. The van der Waals surface area contributed by atoms with Crippen LogP contribution in [0.3, 0.4) is 0 Å². The lowest BCUT2D eigenvalue weighted by Crippen LogP contribution is -2.01. The predicted octanol–water partition coefficient (Wildman–Crippen LogP) is 3.16. The number of aryl methyl sites for hydroxylation is 1. The third-order valence-electron chi connectivity index (χ3n) is 2.91. The van der Waals surface area contributed by atoms with Crippen molar-refractivity contribution in [2.24, 2.45) is 0 Å². The Bertz CT molecular complexity index is 570. The van der Waals surface area contributed by atoms with Crippen molar-refractivity contribution in [1.82, 2.24) is 4.98 Å². The fourth-order valence-corrected chi connectivity index (χ4v) is 1.85. The number of hydrogen-bond donors (Lipinski definition) is 1. The van der Waals surface area contributed by atoms with Crippen LogP contribution in [0.1, 0.15) is 18.1 Å². The van der Waals surface area contributed by atoms with Gasteiger partial charge in [-0.05, 0) is 30.2 Å². The molecule has 0 saturated carbocycles. The van der Waals surface area contributed by atoms with Gasteiger partial charge in [-0.25, -0.2) is 0 Å². The molecule has 0 fully saturated rings. The molecule has 0 bridgehead atoms. The van der Waals surface area contributed by atoms with E-state index in [0.29, 0.717) is 13.0 Å². The molecule has 0 unspecified atom stereocenters. The minimum absolute atomic E-state index is 0.169. The number of pyridine rings is 1. The summed E-state index contributed by atoms with van der Waals surface area (Å²) in [6.07, 6.45) is 4.10. The van der Waals surface area contributed by atoms with Crippen LogP contribution in [0, 0.1) is 10.1 Å². The number of rotatable bonds is 5.